The van der Waals surface area contributed by atoms with E-state index >= 15 is 0 Å². The van der Waals surface area contributed by atoms with Gasteiger partial charge in [-0.3, -0.25) is 0 Å². The number of urea groups is 1. The molecule has 0 aromatic heterocycles. The Hall–Kier alpha value is -0.770. The predicted molar refractivity (Wildman–Crippen MR) is 62.0 cm³/mol. The van der Waals surface area contributed by atoms with Crippen LogP contribution in [0.2, 0.25) is 0 Å². The lowest BCUT2D eigenvalue weighted by Gasteiger charge is -2.32. The summed E-state index contributed by atoms with van der Waals surface area (Å²) in [7, 11) is 0. The third-order valence-corrected chi connectivity index (χ3v) is 3.08. The zero-order valence-corrected chi connectivity index (χ0v) is 10.1. The summed E-state index contributed by atoms with van der Waals surface area (Å²) in [6.45, 7) is 10.5. The average molecular weight is 213 g/mol. The molecule has 0 aromatic rings. The van der Waals surface area contributed by atoms with Crippen molar-refractivity contribution >= 4 is 6.03 Å². The maximum Gasteiger partial charge on any atom is 0.320 e. The van der Waals surface area contributed by atoms with E-state index in [0.717, 1.165) is 39.1 Å². The topological polar surface area (TPSA) is 35.6 Å². The molecular weight excluding hydrogens is 190 g/mol. The first-order valence-electron chi connectivity index (χ1n) is 5.97. The van der Waals surface area contributed by atoms with Crippen molar-refractivity contribution in [3.05, 3.63) is 0 Å². The van der Waals surface area contributed by atoms with E-state index < -0.39 is 0 Å². The molecule has 0 radical (unpaired) electrons. The SMILES string of the molecule is CCN(CC)C(=O)N1CCNCCC1C. The first-order valence-corrected chi connectivity index (χ1v) is 5.97. The summed E-state index contributed by atoms with van der Waals surface area (Å²) >= 11 is 0. The second-order valence-electron chi connectivity index (χ2n) is 4.04. The highest BCUT2D eigenvalue weighted by molar-refractivity contribution is 5.74. The molecule has 88 valence electrons. The van der Waals surface area contributed by atoms with E-state index in [-0.39, 0.29) is 6.03 Å². The van der Waals surface area contributed by atoms with Gasteiger partial charge in [0.1, 0.15) is 0 Å². The molecule has 0 bridgehead atoms. The van der Waals surface area contributed by atoms with Crippen LogP contribution in [0.1, 0.15) is 27.2 Å². The Morgan fingerprint density at radius 3 is 2.67 bits per heavy atom. The van der Waals surface area contributed by atoms with Gasteiger partial charge in [0.05, 0.1) is 0 Å². The Morgan fingerprint density at radius 2 is 2.07 bits per heavy atom. The van der Waals surface area contributed by atoms with Gasteiger partial charge in [0, 0.05) is 32.2 Å². The van der Waals surface area contributed by atoms with E-state index in [1.165, 1.54) is 0 Å². The molecule has 4 heteroatoms. The summed E-state index contributed by atoms with van der Waals surface area (Å²) in [4.78, 5) is 16.0. The normalized spacial score (nSPS) is 22.3. The maximum atomic E-state index is 12.1. The lowest BCUT2D eigenvalue weighted by molar-refractivity contribution is 0.144. The van der Waals surface area contributed by atoms with E-state index in [4.69, 9.17) is 0 Å². The molecule has 2 amide bonds. The van der Waals surface area contributed by atoms with Crippen LogP contribution in [0, 0.1) is 0 Å². The molecule has 1 N–H and O–H groups in total. The largest absolute Gasteiger partial charge is 0.325 e. The van der Waals surface area contributed by atoms with Gasteiger partial charge in [0.2, 0.25) is 0 Å². The molecule has 1 saturated heterocycles. The average Bonchev–Trinajstić information content (AvgIpc) is 2.44. The van der Waals surface area contributed by atoms with Crippen LogP contribution in [0.15, 0.2) is 0 Å². The third-order valence-electron chi connectivity index (χ3n) is 3.08. The second kappa shape index (κ2) is 5.95. The molecule has 1 fully saturated rings. The van der Waals surface area contributed by atoms with Gasteiger partial charge in [-0.25, -0.2) is 4.79 Å². The van der Waals surface area contributed by atoms with Crippen LogP contribution in [0.4, 0.5) is 4.79 Å². The Kier molecular flexibility index (Phi) is 4.88. The number of hydrogen-bond acceptors (Lipinski definition) is 2. The van der Waals surface area contributed by atoms with Crippen LogP contribution < -0.4 is 5.32 Å². The molecule has 1 aliphatic rings. The number of hydrogen-bond donors (Lipinski definition) is 1. The second-order valence-corrected chi connectivity index (χ2v) is 4.04. The molecule has 0 aliphatic carbocycles. The predicted octanol–water partition coefficient (Wildman–Crippen LogP) is 1.13. The highest BCUT2D eigenvalue weighted by atomic mass is 16.2. The van der Waals surface area contributed by atoms with Crippen LogP contribution in [-0.4, -0.2) is 54.6 Å². The number of nitrogens with zero attached hydrogens (tertiary/aromatic N) is 2. The van der Waals surface area contributed by atoms with Crippen LogP contribution in [0.3, 0.4) is 0 Å². The van der Waals surface area contributed by atoms with Gasteiger partial charge in [0.25, 0.3) is 0 Å². The van der Waals surface area contributed by atoms with E-state index in [0.29, 0.717) is 6.04 Å². The Morgan fingerprint density at radius 1 is 1.40 bits per heavy atom. The third kappa shape index (κ3) is 3.09. The fraction of sp³-hybridized carbons (Fsp3) is 0.909. The van der Waals surface area contributed by atoms with Crippen molar-refractivity contribution in [2.45, 2.75) is 33.2 Å². The standard InChI is InChI=1S/C11H23N3O/c1-4-13(5-2)11(15)14-9-8-12-7-6-10(14)3/h10,12H,4-9H2,1-3H3. The zero-order chi connectivity index (χ0) is 11.3. The molecule has 0 aromatic carbocycles. The zero-order valence-electron chi connectivity index (χ0n) is 10.1. The summed E-state index contributed by atoms with van der Waals surface area (Å²) in [6, 6.07) is 0.546. The quantitative estimate of drug-likeness (QED) is 0.746. The number of rotatable bonds is 2. The fourth-order valence-electron chi connectivity index (χ4n) is 1.97. The van der Waals surface area contributed by atoms with Crippen molar-refractivity contribution in [1.29, 1.82) is 0 Å². The van der Waals surface area contributed by atoms with Gasteiger partial charge >= 0.3 is 6.03 Å². The molecule has 0 spiro atoms. The molecule has 1 unspecified atom stereocenters. The minimum absolute atomic E-state index is 0.191. The van der Waals surface area contributed by atoms with Gasteiger partial charge < -0.3 is 15.1 Å². The number of nitrogens with one attached hydrogen (secondary N) is 1. The van der Waals surface area contributed by atoms with E-state index in [1.54, 1.807) is 0 Å². The van der Waals surface area contributed by atoms with E-state index in [9.17, 15) is 4.79 Å². The number of amides is 2. The molecule has 1 heterocycles. The highest BCUT2D eigenvalue weighted by Crippen LogP contribution is 2.09. The maximum absolute atomic E-state index is 12.1. The first kappa shape index (κ1) is 12.3. The summed E-state index contributed by atoms with van der Waals surface area (Å²) in [5, 5.41) is 3.33. The monoisotopic (exact) mass is 213 g/mol. The van der Waals surface area contributed by atoms with Crippen molar-refractivity contribution in [1.82, 2.24) is 15.1 Å². The first-order chi connectivity index (χ1) is 7.20. The lowest BCUT2D eigenvalue weighted by atomic mass is 10.2. The van der Waals surface area contributed by atoms with Crippen LogP contribution in [0.5, 0.6) is 0 Å². The van der Waals surface area contributed by atoms with E-state index in [2.05, 4.69) is 12.2 Å². The summed E-state index contributed by atoms with van der Waals surface area (Å²) in [6.07, 6.45) is 1.05. The lowest BCUT2D eigenvalue weighted by Crippen LogP contribution is -2.47. The Balaban J connectivity index is 2.62. The van der Waals surface area contributed by atoms with Gasteiger partial charge in [-0.2, -0.15) is 0 Å². The minimum atomic E-state index is 0.191. The van der Waals surface area contributed by atoms with Crippen LogP contribution >= 0.6 is 0 Å². The fourth-order valence-corrected chi connectivity index (χ4v) is 1.97. The van der Waals surface area contributed by atoms with Crippen molar-refractivity contribution in [3.8, 4) is 0 Å². The molecule has 15 heavy (non-hydrogen) atoms. The number of carbonyl (C=O) groups excluding carboxylic acids is 1. The van der Waals surface area contributed by atoms with Gasteiger partial charge in [0.15, 0.2) is 0 Å². The molecule has 0 saturated carbocycles. The molecular formula is C11H23N3O. The Bertz CT molecular complexity index is 204. The van der Waals surface area contributed by atoms with E-state index in [1.807, 2.05) is 23.6 Å². The van der Waals surface area contributed by atoms with Crippen molar-refractivity contribution < 1.29 is 4.79 Å². The summed E-state index contributed by atoms with van der Waals surface area (Å²) in [5.74, 6) is 0. The highest BCUT2D eigenvalue weighted by Gasteiger charge is 2.24. The van der Waals surface area contributed by atoms with Crippen molar-refractivity contribution in [2.75, 3.05) is 32.7 Å². The summed E-state index contributed by atoms with van der Waals surface area (Å²) in [5.41, 5.74) is 0. The molecule has 4 nitrogen and oxygen atoms in total. The minimum Gasteiger partial charge on any atom is -0.325 e. The summed E-state index contributed by atoms with van der Waals surface area (Å²) < 4.78 is 0. The molecule has 1 atom stereocenters. The Labute approximate surface area is 92.6 Å². The van der Waals surface area contributed by atoms with Crippen LogP contribution in [-0.2, 0) is 0 Å². The van der Waals surface area contributed by atoms with Crippen molar-refractivity contribution in [3.63, 3.8) is 0 Å². The van der Waals surface area contributed by atoms with Crippen LogP contribution in [0.25, 0.3) is 0 Å². The van der Waals surface area contributed by atoms with Gasteiger partial charge in [-0.1, -0.05) is 0 Å². The van der Waals surface area contributed by atoms with Gasteiger partial charge in [-0.05, 0) is 33.7 Å². The van der Waals surface area contributed by atoms with Gasteiger partial charge in [-0.15, -0.1) is 0 Å². The molecule has 1 aliphatic heterocycles. The number of carbonyl (C=O) groups is 1. The smallest absolute Gasteiger partial charge is 0.320 e. The van der Waals surface area contributed by atoms with Crippen molar-refractivity contribution in [2.24, 2.45) is 0 Å². The molecule has 1 rings (SSSR count).